The highest BCUT2D eigenvalue weighted by molar-refractivity contribution is 7.25. The minimum atomic E-state index is 0.667. The Balaban J connectivity index is 1.56. The van der Waals surface area contributed by atoms with Crippen LogP contribution in [0.25, 0.3) is 54.1 Å². The van der Waals surface area contributed by atoms with E-state index in [0.717, 1.165) is 28.1 Å². The molecule has 32 heavy (non-hydrogen) atoms. The standard InChI is InChI=1S/C28H17ClN2S/c29-21-10-6-9-20(15-21)28-30-24(18-7-2-1-3-8-18)17-25(31-28)19-13-14-23-22-11-4-5-12-26(22)32-27(23)16-19/h1-17H. The van der Waals surface area contributed by atoms with Gasteiger partial charge in [0, 0.05) is 41.9 Å². The van der Waals surface area contributed by atoms with E-state index in [4.69, 9.17) is 21.6 Å². The van der Waals surface area contributed by atoms with Crippen molar-refractivity contribution in [1.29, 1.82) is 0 Å². The van der Waals surface area contributed by atoms with Crippen LogP contribution in [0.1, 0.15) is 0 Å². The van der Waals surface area contributed by atoms with Crippen LogP contribution >= 0.6 is 22.9 Å². The van der Waals surface area contributed by atoms with E-state index in [9.17, 15) is 0 Å². The van der Waals surface area contributed by atoms with E-state index in [2.05, 4.69) is 60.7 Å². The summed E-state index contributed by atoms with van der Waals surface area (Å²) >= 11 is 8.07. The number of halogens is 1. The monoisotopic (exact) mass is 448 g/mol. The first-order valence-electron chi connectivity index (χ1n) is 10.4. The summed E-state index contributed by atoms with van der Waals surface area (Å²) in [6.45, 7) is 0. The van der Waals surface area contributed by atoms with E-state index < -0.39 is 0 Å². The summed E-state index contributed by atoms with van der Waals surface area (Å²) in [5, 5.41) is 3.25. The molecule has 2 aromatic heterocycles. The van der Waals surface area contributed by atoms with Crippen molar-refractivity contribution in [2.75, 3.05) is 0 Å². The van der Waals surface area contributed by atoms with E-state index in [-0.39, 0.29) is 0 Å². The molecular formula is C28H17ClN2S. The molecule has 0 saturated heterocycles. The van der Waals surface area contributed by atoms with Gasteiger partial charge in [0.1, 0.15) is 0 Å². The lowest BCUT2D eigenvalue weighted by atomic mass is 10.0. The van der Waals surface area contributed by atoms with Gasteiger partial charge >= 0.3 is 0 Å². The summed E-state index contributed by atoms with van der Waals surface area (Å²) in [6, 6.07) is 35.1. The molecule has 6 rings (SSSR count). The van der Waals surface area contributed by atoms with Crippen molar-refractivity contribution < 1.29 is 0 Å². The minimum absolute atomic E-state index is 0.667. The lowest BCUT2D eigenvalue weighted by Crippen LogP contribution is -1.95. The molecule has 0 N–H and O–H groups in total. The predicted molar refractivity (Wildman–Crippen MR) is 136 cm³/mol. The SMILES string of the molecule is Clc1cccc(-c2nc(-c3ccccc3)cc(-c3ccc4c(c3)sc3ccccc34)n2)c1. The molecule has 0 fully saturated rings. The van der Waals surface area contributed by atoms with Crippen LogP contribution < -0.4 is 0 Å². The van der Waals surface area contributed by atoms with Crippen LogP contribution in [0.4, 0.5) is 0 Å². The van der Waals surface area contributed by atoms with Gasteiger partial charge in [-0.2, -0.15) is 0 Å². The number of hydrogen-bond donors (Lipinski definition) is 0. The Hall–Kier alpha value is -3.53. The molecule has 152 valence electrons. The van der Waals surface area contributed by atoms with Crippen molar-refractivity contribution in [3.8, 4) is 33.9 Å². The number of fused-ring (bicyclic) bond motifs is 3. The summed E-state index contributed by atoms with van der Waals surface area (Å²) in [4.78, 5) is 9.81. The van der Waals surface area contributed by atoms with Gasteiger partial charge in [-0.1, -0.05) is 84.4 Å². The Bertz CT molecular complexity index is 1590. The molecule has 0 aliphatic carbocycles. The Kier molecular flexibility index (Phi) is 4.71. The van der Waals surface area contributed by atoms with Gasteiger partial charge in [-0.25, -0.2) is 9.97 Å². The fourth-order valence-corrected chi connectivity index (χ4v) is 5.33. The van der Waals surface area contributed by atoms with Crippen LogP contribution in [0, 0.1) is 0 Å². The number of aromatic nitrogens is 2. The van der Waals surface area contributed by atoms with Crippen molar-refractivity contribution in [1.82, 2.24) is 9.97 Å². The van der Waals surface area contributed by atoms with Gasteiger partial charge in [0.05, 0.1) is 11.4 Å². The smallest absolute Gasteiger partial charge is 0.160 e. The molecule has 0 spiro atoms. The van der Waals surface area contributed by atoms with Gasteiger partial charge in [-0.3, -0.25) is 0 Å². The molecule has 0 unspecified atom stereocenters. The van der Waals surface area contributed by atoms with Gasteiger partial charge in [-0.15, -0.1) is 11.3 Å². The molecule has 0 atom stereocenters. The zero-order valence-corrected chi connectivity index (χ0v) is 18.6. The molecule has 6 aromatic rings. The van der Waals surface area contributed by atoms with Crippen molar-refractivity contribution >= 4 is 43.1 Å². The molecule has 0 bridgehead atoms. The third-order valence-electron chi connectivity index (χ3n) is 5.55. The predicted octanol–water partition coefficient (Wildman–Crippen LogP) is 8.50. The summed E-state index contributed by atoms with van der Waals surface area (Å²) in [6.07, 6.45) is 0. The van der Waals surface area contributed by atoms with Gasteiger partial charge in [0.15, 0.2) is 5.82 Å². The largest absolute Gasteiger partial charge is 0.228 e. The molecular weight excluding hydrogens is 432 g/mol. The summed E-state index contributed by atoms with van der Waals surface area (Å²) in [5.41, 5.74) is 4.82. The number of benzene rings is 4. The molecule has 4 aromatic carbocycles. The van der Waals surface area contributed by atoms with E-state index >= 15 is 0 Å². The fraction of sp³-hybridized carbons (Fsp3) is 0. The molecule has 2 nitrogen and oxygen atoms in total. The number of thiophene rings is 1. The number of hydrogen-bond acceptors (Lipinski definition) is 3. The van der Waals surface area contributed by atoms with Crippen LogP contribution in [0.3, 0.4) is 0 Å². The van der Waals surface area contributed by atoms with Crippen LogP contribution in [0.2, 0.25) is 5.02 Å². The third-order valence-corrected chi connectivity index (χ3v) is 6.92. The van der Waals surface area contributed by atoms with E-state index in [1.165, 1.54) is 20.2 Å². The van der Waals surface area contributed by atoms with E-state index in [0.29, 0.717) is 10.8 Å². The van der Waals surface area contributed by atoms with E-state index in [1.807, 2.05) is 53.8 Å². The second kappa shape index (κ2) is 7.86. The van der Waals surface area contributed by atoms with Gasteiger partial charge in [-0.05, 0) is 30.3 Å². The molecule has 4 heteroatoms. The molecule has 2 heterocycles. The third kappa shape index (κ3) is 3.46. The highest BCUT2D eigenvalue weighted by Crippen LogP contribution is 2.36. The average molecular weight is 449 g/mol. The zero-order chi connectivity index (χ0) is 21.5. The van der Waals surface area contributed by atoms with Gasteiger partial charge in [0.25, 0.3) is 0 Å². The van der Waals surface area contributed by atoms with Crippen LogP contribution in [-0.2, 0) is 0 Å². The first kappa shape index (κ1) is 19.2. The van der Waals surface area contributed by atoms with Gasteiger partial charge < -0.3 is 0 Å². The lowest BCUT2D eigenvalue weighted by molar-refractivity contribution is 1.18. The highest BCUT2D eigenvalue weighted by atomic mass is 35.5. The molecule has 0 radical (unpaired) electrons. The Morgan fingerprint density at radius 1 is 0.531 bits per heavy atom. The first-order valence-corrected chi connectivity index (χ1v) is 11.6. The quantitative estimate of drug-likeness (QED) is 0.271. The van der Waals surface area contributed by atoms with Crippen molar-refractivity contribution in [2.45, 2.75) is 0 Å². The Morgan fingerprint density at radius 2 is 1.25 bits per heavy atom. The molecule has 0 aliphatic heterocycles. The molecule has 0 saturated carbocycles. The fourth-order valence-electron chi connectivity index (χ4n) is 3.99. The number of nitrogens with zero attached hydrogens (tertiary/aromatic N) is 2. The van der Waals surface area contributed by atoms with Gasteiger partial charge in [0.2, 0.25) is 0 Å². The van der Waals surface area contributed by atoms with Crippen LogP contribution in [0.5, 0.6) is 0 Å². The normalized spacial score (nSPS) is 11.3. The van der Waals surface area contributed by atoms with Crippen molar-refractivity contribution in [3.05, 3.63) is 108 Å². The Labute approximate surface area is 194 Å². The summed E-state index contributed by atoms with van der Waals surface area (Å²) in [5.74, 6) is 0.667. The molecule has 0 aliphatic rings. The first-order chi connectivity index (χ1) is 15.7. The maximum atomic E-state index is 6.26. The minimum Gasteiger partial charge on any atom is -0.228 e. The zero-order valence-electron chi connectivity index (χ0n) is 17.0. The lowest BCUT2D eigenvalue weighted by Gasteiger charge is -2.10. The van der Waals surface area contributed by atoms with Crippen LogP contribution in [0.15, 0.2) is 103 Å². The topological polar surface area (TPSA) is 25.8 Å². The van der Waals surface area contributed by atoms with Crippen LogP contribution in [-0.4, -0.2) is 9.97 Å². The Morgan fingerprint density at radius 3 is 2.09 bits per heavy atom. The maximum absolute atomic E-state index is 6.26. The maximum Gasteiger partial charge on any atom is 0.160 e. The molecule has 0 amide bonds. The van der Waals surface area contributed by atoms with E-state index in [1.54, 1.807) is 0 Å². The summed E-state index contributed by atoms with van der Waals surface area (Å²) in [7, 11) is 0. The second-order valence-corrected chi connectivity index (χ2v) is 9.17. The highest BCUT2D eigenvalue weighted by Gasteiger charge is 2.12. The van der Waals surface area contributed by atoms with Crippen molar-refractivity contribution in [2.24, 2.45) is 0 Å². The summed E-state index contributed by atoms with van der Waals surface area (Å²) < 4.78 is 2.56. The average Bonchev–Trinajstić information content (AvgIpc) is 3.22. The second-order valence-electron chi connectivity index (χ2n) is 7.65. The van der Waals surface area contributed by atoms with Crippen molar-refractivity contribution in [3.63, 3.8) is 0 Å². The number of rotatable bonds is 3.